The van der Waals surface area contributed by atoms with Crippen LogP contribution in [0.25, 0.3) is 0 Å². The van der Waals surface area contributed by atoms with Gasteiger partial charge in [0, 0.05) is 6.54 Å². The normalized spacial score (nSPS) is 26.8. The van der Waals surface area contributed by atoms with Gasteiger partial charge >= 0.3 is 0 Å². The summed E-state index contributed by atoms with van der Waals surface area (Å²) in [6.45, 7) is 4.01. The Balaban J connectivity index is 0.000000371. The molecule has 1 heterocycles. The van der Waals surface area contributed by atoms with Gasteiger partial charge in [-0.1, -0.05) is 0 Å². The van der Waals surface area contributed by atoms with Gasteiger partial charge in [0.1, 0.15) is 6.79 Å². The number of rotatable bonds is 0. The van der Waals surface area contributed by atoms with Crippen LogP contribution in [0.4, 0.5) is 0 Å². The molecule has 0 aromatic heterocycles. The number of likely N-dealkylation sites (N-methyl/N-ethyl adjacent to an activating group) is 1. The highest BCUT2D eigenvalue weighted by Gasteiger charge is 2.12. The summed E-state index contributed by atoms with van der Waals surface area (Å²) in [5.74, 6) is 0. The van der Waals surface area contributed by atoms with Crippen LogP contribution in [0, 0.1) is 0 Å². The van der Waals surface area contributed by atoms with Gasteiger partial charge in [-0.25, -0.2) is 0 Å². The Bertz CT molecular complexity index is 79.7. The summed E-state index contributed by atoms with van der Waals surface area (Å²) in [7, 11) is 2.04. The highest BCUT2D eigenvalue weighted by atomic mass is 16.3. The van der Waals surface area contributed by atoms with E-state index in [4.69, 9.17) is 9.90 Å². The topological polar surface area (TPSA) is 40.5 Å². The van der Waals surface area contributed by atoms with Gasteiger partial charge in [-0.05, 0) is 26.4 Å². The first-order valence-corrected chi connectivity index (χ1v) is 3.44. The molecule has 3 heteroatoms. The summed E-state index contributed by atoms with van der Waals surface area (Å²) in [6, 6.07) is 0. The van der Waals surface area contributed by atoms with E-state index in [1.165, 1.54) is 0 Å². The van der Waals surface area contributed by atoms with Crippen molar-refractivity contribution in [2.45, 2.75) is 18.9 Å². The number of piperidine rings is 1. The Hall–Kier alpha value is -0.410. The van der Waals surface area contributed by atoms with E-state index in [2.05, 4.69) is 4.90 Å². The largest absolute Gasteiger partial charge is 0.392 e. The molecular formula is C7H15NO2. The van der Waals surface area contributed by atoms with E-state index >= 15 is 0 Å². The van der Waals surface area contributed by atoms with E-state index in [0.717, 1.165) is 25.9 Å². The number of hydrogen-bond donors (Lipinski definition) is 1. The quantitative estimate of drug-likeness (QED) is 0.517. The smallest absolute Gasteiger partial charge is 0.106 e. The molecule has 1 atom stereocenters. The standard InChI is InChI=1S/C6H13NO.CH2O/c1-7-4-2-3-6(8)5-7;1-2/h6,8H,2-5H2,1H3;1H2. The van der Waals surface area contributed by atoms with E-state index in [1.54, 1.807) is 0 Å². The van der Waals surface area contributed by atoms with Crippen molar-refractivity contribution >= 4 is 6.79 Å². The second-order valence-corrected chi connectivity index (χ2v) is 2.56. The Morgan fingerprint density at radius 3 is 2.50 bits per heavy atom. The van der Waals surface area contributed by atoms with E-state index in [-0.39, 0.29) is 6.10 Å². The third-order valence-electron chi connectivity index (χ3n) is 1.60. The molecule has 60 valence electrons. The number of aliphatic hydroxyl groups is 1. The van der Waals surface area contributed by atoms with Crippen molar-refractivity contribution in [3.8, 4) is 0 Å². The molecule has 0 aliphatic carbocycles. The van der Waals surface area contributed by atoms with Crippen LogP contribution in [0.1, 0.15) is 12.8 Å². The molecule has 1 fully saturated rings. The first-order chi connectivity index (χ1) is 4.79. The maximum atomic E-state index is 9.04. The van der Waals surface area contributed by atoms with Crippen LogP contribution < -0.4 is 0 Å². The molecule has 3 nitrogen and oxygen atoms in total. The molecule has 0 saturated carbocycles. The van der Waals surface area contributed by atoms with E-state index in [1.807, 2.05) is 13.8 Å². The van der Waals surface area contributed by atoms with Crippen molar-refractivity contribution in [1.29, 1.82) is 0 Å². The molecule has 0 amide bonds. The van der Waals surface area contributed by atoms with Crippen LogP contribution in [0.3, 0.4) is 0 Å². The maximum absolute atomic E-state index is 9.04. The zero-order valence-corrected chi connectivity index (χ0v) is 6.42. The molecule has 1 rings (SSSR count). The third kappa shape index (κ3) is 3.58. The van der Waals surface area contributed by atoms with Gasteiger partial charge in [0.15, 0.2) is 0 Å². The number of carbonyl (C=O) groups is 1. The second kappa shape index (κ2) is 5.38. The molecule has 10 heavy (non-hydrogen) atoms. The number of β-amino-alcohol motifs (C(OH)–C–C–N with tert-alkyl or cyclic N) is 1. The molecule has 0 aromatic rings. The van der Waals surface area contributed by atoms with Crippen LogP contribution in [0.5, 0.6) is 0 Å². The van der Waals surface area contributed by atoms with E-state index < -0.39 is 0 Å². The molecule has 0 radical (unpaired) electrons. The summed E-state index contributed by atoms with van der Waals surface area (Å²) in [4.78, 5) is 10.2. The van der Waals surface area contributed by atoms with E-state index in [9.17, 15) is 0 Å². The van der Waals surface area contributed by atoms with Crippen molar-refractivity contribution in [3.05, 3.63) is 0 Å². The minimum Gasteiger partial charge on any atom is -0.392 e. The summed E-state index contributed by atoms with van der Waals surface area (Å²) in [6.07, 6.45) is 2.08. The first kappa shape index (κ1) is 9.59. The van der Waals surface area contributed by atoms with Crippen molar-refractivity contribution in [2.24, 2.45) is 0 Å². The number of aliphatic hydroxyl groups excluding tert-OH is 1. The molecule has 1 aliphatic heterocycles. The number of hydrogen-bond acceptors (Lipinski definition) is 3. The van der Waals surface area contributed by atoms with Crippen molar-refractivity contribution in [3.63, 3.8) is 0 Å². The Labute approximate surface area is 61.6 Å². The van der Waals surface area contributed by atoms with Crippen molar-refractivity contribution in [1.82, 2.24) is 4.90 Å². The van der Waals surface area contributed by atoms with Gasteiger partial charge in [-0.15, -0.1) is 0 Å². The average molecular weight is 145 g/mol. The Morgan fingerprint density at radius 1 is 1.60 bits per heavy atom. The molecule has 0 aromatic carbocycles. The lowest BCUT2D eigenvalue weighted by atomic mass is 10.1. The molecule has 1 aliphatic rings. The predicted molar refractivity (Wildman–Crippen MR) is 39.9 cm³/mol. The second-order valence-electron chi connectivity index (χ2n) is 2.56. The van der Waals surface area contributed by atoms with Crippen LogP contribution >= 0.6 is 0 Å². The summed E-state index contributed by atoms with van der Waals surface area (Å²) < 4.78 is 0. The maximum Gasteiger partial charge on any atom is 0.106 e. The Morgan fingerprint density at radius 2 is 2.20 bits per heavy atom. The lowest BCUT2D eigenvalue weighted by molar-refractivity contribution is -0.0979. The van der Waals surface area contributed by atoms with Gasteiger partial charge in [0.2, 0.25) is 0 Å². The molecular weight excluding hydrogens is 130 g/mol. The van der Waals surface area contributed by atoms with Crippen molar-refractivity contribution < 1.29 is 9.90 Å². The monoisotopic (exact) mass is 145 g/mol. The minimum atomic E-state index is -0.0613. The molecule has 1 unspecified atom stereocenters. The highest BCUT2D eigenvalue weighted by molar-refractivity contribution is 5.10. The van der Waals surface area contributed by atoms with Crippen LogP contribution in [-0.4, -0.2) is 43.0 Å². The van der Waals surface area contributed by atoms with Gasteiger partial charge < -0.3 is 14.8 Å². The SMILES string of the molecule is C=O.CN1CCCC(O)C1. The molecule has 1 N–H and O–H groups in total. The Kier molecular flexibility index (Phi) is 5.16. The summed E-state index contributed by atoms with van der Waals surface area (Å²) in [5, 5.41) is 9.04. The number of carbonyl (C=O) groups excluding carboxylic acids is 1. The fraction of sp³-hybridized carbons (Fsp3) is 0.857. The van der Waals surface area contributed by atoms with Gasteiger partial charge in [0.25, 0.3) is 0 Å². The van der Waals surface area contributed by atoms with Gasteiger partial charge in [-0.3, -0.25) is 0 Å². The molecule has 1 saturated heterocycles. The zero-order chi connectivity index (χ0) is 7.98. The van der Waals surface area contributed by atoms with Crippen LogP contribution in [0.15, 0.2) is 0 Å². The molecule has 0 spiro atoms. The van der Waals surface area contributed by atoms with Crippen LogP contribution in [0.2, 0.25) is 0 Å². The first-order valence-electron chi connectivity index (χ1n) is 3.44. The highest BCUT2D eigenvalue weighted by Crippen LogP contribution is 2.06. The van der Waals surface area contributed by atoms with Gasteiger partial charge in [0.05, 0.1) is 6.10 Å². The minimum absolute atomic E-state index is 0.0613. The number of likely N-dealkylation sites (tertiary alicyclic amines) is 1. The van der Waals surface area contributed by atoms with E-state index in [0.29, 0.717) is 0 Å². The number of nitrogens with zero attached hydrogens (tertiary/aromatic N) is 1. The lowest BCUT2D eigenvalue weighted by Crippen LogP contribution is -2.34. The lowest BCUT2D eigenvalue weighted by Gasteiger charge is -2.25. The zero-order valence-electron chi connectivity index (χ0n) is 6.42. The fourth-order valence-corrected chi connectivity index (χ4v) is 1.14. The average Bonchev–Trinajstić information content (AvgIpc) is 1.91. The predicted octanol–water partition coefficient (Wildman–Crippen LogP) is -0.112. The van der Waals surface area contributed by atoms with Crippen LogP contribution in [-0.2, 0) is 4.79 Å². The summed E-state index contributed by atoms with van der Waals surface area (Å²) >= 11 is 0. The fourth-order valence-electron chi connectivity index (χ4n) is 1.14. The summed E-state index contributed by atoms with van der Waals surface area (Å²) in [5.41, 5.74) is 0. The van der Waals surface area contributed by atoms with Gasteiger partial charge in [-0.2, -0.15) is 0 Å². The third-order valence-corrected chi connectivity index (χ3v) is 1.60. The van der Waals surface area contributed by atoms with Crippen molar-refractivity contribution in [2.75, 3.05) is 20.1 Å². The molecule has 0 bridgehead atoms.